The van der Waals surface area contributed by atoms with Crippen LogP contribution in [0.15, 0.2) is 24.4 Å². The van der Waals surface area contributed by atoms with Crippen molar-refractivity contribution in [2.45, 2.75) is 38.0 Å². The van der Waals surface area contributed by atoms with Crippen LogP contribution in [0.1, 0.15) is 43.8 Å². The molecule has 0 radical (unpaired) electrons. The van der Waals surface area contributed by atoms with Crippen LogP contribution < -0.4 is 0 Å². The van der Waals surface area contributed by atoms with Crippen molar-refractivity contribution in [1.29, 1.82) is 0 Å². The minimum Gasteiger partial charge on any atom is -0.302 e. The summed E-state index contributed by atoms with van der Waals surface area (Å²) in [4.78, 5) is 5.27. The van der Waals surface area contributed by atoms with Gasteiger partial charge in [0.2, 0.25) is 0 Å². The number of nitrogens with zero attached hydrogens (tertiary/aromatic N) is 5. The fourth-order valence-corrected chi connectivity index (χ4v) is 4.02. The van der Waals surface area contributed by atoms with E-state index >= 15 is 0 Å². The molecule has 23 heavy (non-hydrogen) atoms. The number of rotatable bonds is 4. The third-order valence-corrected chi connectivity index (χ3v) is 5.47. The highest BCUT2D eigenvalue weighted by molar-refractivity contribution is 5.37. The van der Waals surface area contributed by atoms with E-state index in [9.17, 15) is 0 Å². The second-order valence-corrected chi connectivity index (χ2v) is 7.01. The molecule has 2 fully saturated rings. The second kappa shape index (κ2) is 6.97. The molecule has 0 amide bonds. The molecule has 4 heterocycles. The Bertz CT molecular complexity index is 623. The van der Waals surface area contributed by atoms with Gasteiger partial charge in [-0.25, -0.2) is 0 Å². The van der Waals surface area contributed by atoms with Crippen molar-refractivity contribution in [3.05, 3.63) is 30.2 Å². The Kier molecular flexibility index (Phi) is 4.57. The van der Waals surface area contributed by atoms with Gasteiger partial charge in [0.15, 0.2) is 5.65 Å². The number of piperidine rings is 2. The Balaban J connectivity index is 1.30. The van der Waals surface area contributed by atoms with Gasteiger partial charge in [0.1, 0.15) is 5.82 Å². The summed E-state index contributed by atoms with van der Waals surface area (Å²) in [5.41, 5.74) is 0.968. The Morgan fingerprint density at radius 2 is 1.61 bits per heavy atom. The van der Waals surface area contributed by atoms with Crippen LogP contribution in [-0.2, 0) is 0 Å². The number of likely N-dealkylation sites (tertiary alicyclic amines) is 2. The number of pyridine rings is 1. The number of aromatic nitrogens is 3. The second-order valence-electron chi connectivity index (χ2n) is 7.01. The van der Waals surface area contributed by atoms with Gasteiger partial charge in [0.25, 0.3) is 0 Å². The fourth-order valence-electron chi connectivity index (χ4n) is 4.02. The molecule has 2 aromatic rings. The maximum absolute atomic E-state index is 4.45. The Labute approximate surface area is 138 Å². The van der Waals surface area contributed by atoms with E-state index in [0.29, 0.717) is 5.92 Å². The lowest BCUT2D eigenvalue weighted by molar-refractivity contribution is 0.158. The van der Waals surface area contributed by atoms with E-state index in [-0.39, 0.29) is 0 Å². The van der Waals surface area contributed by atoms with Crippen molar-refractivity contribution in [2.24, 2.45) is 0 Å². The minimum absolute atomic E-state index is 0.554. The van der Waals surface area contributed by atoms with Crippen molar-refractivity contribution < 1.29 is 0 Å². The first-order chi connectivity index (χ1) is 11.4. The molecule has 0 saturated carbocycles. The molecule has 2 aliphatic rings. The van der Waals surface area contributed by atoms with Crippen LogP contribution in [0.3, 0.4) is 0 Å². The Morgan fingerprint density at radius 3 is 2.39 bits per heavy atom. The van der Waals surface area contributed by atoms with E-state index in [0.717, 1.165) is 11.5 Å². The minimum atomic E-state index is 0.554. The molecule has 0 aromatic carbocycles. The van der Waals surface area contributed by atoms with Crippen LogP contribution in [0.4, 0.5) is 0 Å². The predicted molar refractivity (Wildman–Crippen MR) is 91.7 cm³/mol. The zero-order valence-corrected chi connectivity index (χ0v) is 13.9. The van der Waals surface area contributed by atoms with E-state index in [2.05, 4.69) is 36.7 Å². The zero-order valence-electron chi connectivity index (χ0n) is 13.9. The number of hydrogen-bond donors (Lipinski definition) is 0. The average molecular weight is 313 g/mol. The summed E-state index contributed by atoms with van der Waals surface area (Å²) in [6, 6.07) is 6.12. The van der Waals surface area contributed by atoms with Crippen molar-refractivity contribution in [2.75, 3.05) is 39.3 Å². The summed E-state index contributed by atoms with van der Waals surface area (Å²) in [5.74, 6) is 1.70. The van der Waals surface area contributed by atoms with Gasteiger partial charge in [-0.05, 0) is 64.0 Å². The summed E-state index contributed by atoms with van der Waals surface area (Å²) in [6.07, 6.45) is 8.71. The molecule has 0 unspecified atom stereocenters. The average Bonchev–Trinajstić information content (AvgIpc) is 3.05. The lowest BCUT2D eigenvalue weighted by Crippen LogP contribution is -2.41. The van der Waals surface area contributed by atoms with E-state index in [1.807, 2.05) is 12.1 Å². The smallest absolute Gasteiger partial charge is 0.160 e. The number of fused-ring (bicyclic) bond motifs is 1. The van der Waals surface area contributed by atoms with Crippen LogP contribution in [0.2, 0.25) is 0 Å². The first-order valence-electron chi connectivity index (χ1n) is 9.14. The Hall–Kier alpha value is -1.46. The van der Waals surface area contributed by atoms with Crippen molar-refractivity contribution in [3.63, 3.8) is 0 Å². The first-order valence-corrected chi connectivity index (χ1v) is 9.14. The molecule has 2 aliphatic heterocycles. The summed E-state index contributed by atoms with van der Waals surface area (Å²) in [5, 5.41) is 8.75. The number of hydrogen-bond acceptors (Lipinski definition) is 4. The van der Waals surface area contributed by atoms with Crippen LogP contribution in [0, 0.1) is 0 Å². The molecule has 0 bridgehead atoms. The largest absolute Gasteiger partial charge is 0.302 e. The molecule has 4 rings (SSSR count). The molecular formula is C18H27N5. The fraction of sp³-hybridized carbons (Fsp3) is 0.667. The third-order valence-electron chi connectivity index (χ3n) is 5.47. The van der Waals surface area contributed by atoms with Crippen LogP contribution in [0.25, 0.3) is 5.65 Å². The lowest BCUT2D eigenvalue weighted by atomic mass is 9.96. The quantitative estimate of drug-likeness (QED) is 0.868. The topological polar surface area (TPSA) is 36.7 Å². The molecule has 0 aliphatic carbocycles. The van der Waals surface area contributed by atoms with Gasteiger partial charge >= 0.3 is 0 Å². The predicted octanol–water partition coefficient (Wildman–Crippen LogP) is 2.39. The highest BCUT2D eigenvalue weighted by Crippen LogP contribution is 2.27. The SMILES string of the molecule is c1ccn2c(C3CCN(CCN4CCCCC4)CC3)nnc2c1. The standard InChI is InChI=1S/C18H27N5/c1-3-9-21(10-4-1)14-15-22-12-7-16(8-13-22)18-20-19-17-6-2-5-11-23(17)18/h2,5-6,11,16H,1,3-4,7-10,12-15H2. The highest BCUT2D eigenvalue weighted by atomic mass is 15.3. The third kappa shape index (κ3) is 3.40. The van der Waals surface area contributed by atoms with Gasteiger partial charge in [0, 0.05) is 25.2 Å². The van der Waals surface area contributed by atoms with Gasteiger partial charge < -0.3 is 9.80 Å². The van der Waals surface area contributed by atoms with Crippen molar-refractivity contribution in [3.8, 4) is 0 Å². The molecule has 0 atom stereocenters. The molecule has 5 heteroatoms. The molecule has 2 saturated heterocycles. The maximum Gasteiger partial charge on any atom is 0.160 e. The van der Waals surface area contributed by atoms with Gasteiger partial charge in [-0.1, -0.05) is 12.5 Å². The lowest BCUT2D eigenvalue weighted by Gasteiger charge is -2.34. The summed E-state index contributed by atoms with van der Waals surface area (Å²) < 4.78 is 2.16. The van der Waals surface area contributed by atoms with Crippen LogP contribution in [-0.4, -0.2) is 63.7 Å². The van der Waals surface area contributed by atoms with E-state index in [4.69, 9.17) is 0 Å². The van der Waals surface area contributed by atoms with E-state index < -0.39 is 0 Å². The van der Waals surface area contributed by atoms with Crippen LogP contribution in [0.5, 0.6) is 0 Å². The van der Waals surface area contributed by atoms with Gasteiger partial charge in [-0.15, -0.1) is 10.2 Å². The van der Waals surface area contributed by atoms with Gasteiger partial charge in [-0.2, -0.15) is 0 Å². The summed E-state index contributed by atoms with van der Waals surface area (Å²) >= 11 is 0. The molecule has 0 N–H and O–H groups in total. The first kappa shape index (κ1) is 15.1. The highest BCUT2D eigenvalue weighted by Gasteiger charge is 2.24. The van der Waals surface area contributed by atoms with Crippen molar-refractivity contribution in [1.82, 2.24) is 24.4 Å². The van der Waals surface area contributed by atoms with E-state index in [1.54, 1.807) is 0 Å². The molecule has 2 aromatic heterocycles. The van der Waals surface area contributed by atoms with Crippen LogP contribution >= 0.6 is 0 Å². The molecule has 0 spiro atoms. The van der Waals surface area contributed by atoms with Gasteiger partial charge in [0.05, 0.1) is 0 Å². The Morgan fingerprint density at radius 1 is 0.870 bits per heavy atom. The normalized spacial score (nSPS) is 21.9. The van der Waals surface area contributed by atoms with Gasteiger partial charge in [-0.3, -0.25) is 4.40 Å². The molecule has 5 nitrogen and oxygen atoms in total. The summed E-state index contributed by atoms with van der Waals surface area (Å²) in [6.45, 7) is 7.48. The van der Waals surface area contributed by atoms with Crippen molar-refractivity contribution >= 4 is 5.65 Å². The zero-order chi connectivity index (χ0) is 15.5. The van der Waals surface area contributed by atoms with E-state index in [1.165, 1.54) is 71.4 Å². The summed E-state index contributed by atoms with van der Waals surface area (Å²) in [7, 11) is 0. The molecular weight excluding hydrogens is 286 g/mol. The monoisotopic (exact) mass is 313 g/mol. The maximum atomic E-state index is 4.45. The molecule has 124 valence electrons.